The molecule has 0 amide bonds. The second-order valence-electron chi connectivity index (χ2n) is 7.88. The van der Waals surface area contributed by atoms with Crippen LogP contribution in [-0.2, 0) is 9.47 Å². The zero-order valence-electron chi connectivity index (χ0n) is 14.6. The molecule has 0 unspecified atom stereocenters. The topological polar surface area (TPSA) is 18.5 Å². The average molecular weight is 364 g/mol. The number of ether oxygens (including phenoxy) is 2. The first-order valence-corrected chi connectivity index (χ1v) is 9.60. The first kappa shape index (κ1) is 19.2. The minimum atomic E-state index is -4.58. The van der Waals surface area contributed by atoms with Gasteiger partial charge in [-0.1, -0.05) is 32.1 Å². The lowest BCUT2D eigenvalue weighted by atomic mass is 9.79. The molecule has 3 aliphatic rings. The minimum absolute atomic E-state index is 0.169. The van der Waals surface area contributed by atoms with E-state index in [4.69, 9.17) is 9.47 Å². The van der Waals surface area contributed by atoms with Gasteiger partial charge in [0.2, 0.25) is 0 Å². The van der Waals surface area contributed by atoms with Crippen molar-refractivity contribution < 1.29 is 27.0 Å². The highest BCUT2D eigenvalue weighted by molar-refractivity contribution is 5.03. The van der Waals surface area contributed by atoms with Crippen molar-refractivity contribution in [2.24, 2.45) is 23.7 Å². The van der Waals surface area contributed by atoms with E-state index in [0.29, 0.717) is 37.5 Å². The molecule has 1 aliphatic heterocycles. The Bertz CT molecular complexity index is 441. The molecule has 0 aromatic rings. The van der Waals surface area contributed by atoms with Gasteiger partial charge in [0.1, 0.15) is 5.83 Å². The molecule has 6 heteroatoms. The third-order valence-electron chi connectivity index (χ3n) is 6.11. The number of rotatable bonds is 3. The van der Waals surface area contributed by atoms with Crippen LogP contribution in [0.25, 0.3) is 0 Å². The molecule has 0 spiro atoms. The maximum Gasteiger partial charge on any atom is 0.412 e. The van der Waals surface area contributed by atoms with Gasteiger partial charge in [-0.15, -0.1) is 0 Å². The van der Waals surface area contributed by atoms with Gasteiger partial charge >= 0.3 is 6.18 Å². The predicted molar refractivity (Wildman–Crippen MR) is 86.5 cm³/mol. The summed E-state index contributed by atoms with van der Waals surface area (Å²) in [6.07, 6.45) is 3.58. The summed E-state index contributed by atoms with van der Waals surface area (Å²) in [5, 5.41) is 0. The van der Waals surface area contributed by atoms with Gasteiger partial charge in [-0.3, -0.25) is 0 Å². The monoisotopic (exact) mass is 364 g/mol. The Morgan fingerprint density at radius 1 is 0.760 bits per heavy atom. The van der Waals surface area contributed by atoms with Crippen molar-refractivity contribution in [3.8, 4) is 0 Å². The third kappa shape index (κ3) is 5.43. The van der Waals surface area contributed by atoms with Crippen LogP contribution in [-0.4, -0.2) is 25.7 Å². The molecule has 3 rings (SSSR count). The lowest BCUT2D eigenvalue weighted by molar-refractivity contribution is -0.236. The van der Waals surface area contributed by atoms with Gasteiger partial charge in [-0.05, 0) is 31.6 Å². The number of hydrogen-bond acceptors (Lipinski definition) is 2. The van der Waals surface area contributed by atoms with Gasteiger partial charge < -0.3 is 9.47 Å². The number of alkyl halides is 3. The molecule has 0 bridgehead atoms. The largest absolute Gasteiger partial charge is 0.412 e. The van der Waals surface area contributed by atoms with Crippen LogP contribution in [0.5, 0.6) is 0 Å². The van der Waals surface area contributed by atoms with E-state index in [-0.39, 0.29) is 18.3 Å². The van der Waals surface area contributed by atoms with Gasteiger partial charge in [0.05, 0.1) is 19.3 Å². The van der Waals surface area contributed by atoms with Crippen LogP contribution in [0.15, 0.2) is 11.9 Å². The lowest BCUT2D eigenvalue weighted by Gasteiger charge is -2.40. The summed E-state index contributed by atoms with van der Waals surface area (Å²) in [6, 6.07) is 0. The second-order valence-corrected chi connectivity index (χ2v) is 7.88. The molecule has 144 valence electrons. The molecule has 3 fully saturated rings. The summed E-state index contributed by atoms with van der Waals surface area (Å²) < 4.78 is 62.4. The Morgan fingerprint density at radius 3 is 1.92 bits per heavy atom. The Labute approximate surface area is 146 Å². The van der Waals surface area contributed by atoms with Crippen LogP contribution >= 0.6 is 0 Å². The second kappa shape index (κ2) is 8.38. The normalized spacial score (nSPS) is 36.4. The number of allylic oxidation sites excluding steroid dienone is 2. The summed E-state index contributed by atoms with van der Waals surface area (Å²) in [6.45, 7) is 1.44. The summed E-state index contributed by atoms with van der Waals surface area (Å²) in [4.78, 5) is 0. The molecule has 0 N–H and O–H groups in total. The van der Waals surface area contributed by atoms with Crippen molar-refractivity contribution in [1.29, 1.82) is 0 Å². The zero-order valence-corrected chi connectivity index (χ0v) is 14.6. The summed E-state index contributed by atoms with van der Waals surface area (Å²) in [5.41, 5.74) is 0. The van der Waals surface area contributed by atoms with Crippen molar-refractivity contribution in [3.05, 3.63) is 11.9 Å². The van der Waals surface area contributed by atoms with Crippen molar-refractivity contribution in [3.63, 3.8) is 0 Å². The van der Waals surface area contributed by atoms with Gasteiger partial charge in [0.15, 0.2) is 6.29 Å². The predicted octanol–water partition coefficient (Wildman–Crippen LogP) is 5.78. The molecule has 2 aliphatic carbocycles. The van der Waals surface area contributed by atoms with Crippen LogP contribution in [0.4, 0.5) is 17.6 Å². The number of halogens is 4. The maximum absolute atomic E-state index is 13.7. The quantitative estimate of drug-likeness (QED) is 0.591. The molecular weight excluding hydrogens is 336 g/mol. The van der Waals surface area contributed by atoms with Gasteiger partial charge in [-0.2, -0.15) is 13.2 Å². The Balaban J connectivity index is 1.42. The highest BCUT2D eigenvalue weighted by Crippen LogP contribution is 2.40. The van der Waals surface area contributed by atoms with Crippen molar-refractivity contribution in [2.45, 2.75) is 70.3 Å². The average Bonchev–Trinajstić information content (AvgIpc) is 2.61. The van der Waals surface area contributed by atoms with E-state index in [9.17, 15) is 17.6 Å². The maximum atomic E-state index is 13.7. The van der Waals surface area contributed by atoms with Gasteiger partial charge in [0.25, 0.3) is 0 Å². The molecule has 1 saturated heterocycles. The molecular formula is C19H28F4O2. The van der Waals surface area contributed by atoms with Crippen LogP contribution in [0.1, 0.15) is 57.8 Å². The molecule has 0 atom stereocenters. The Hall–Kier alpha value is -0.620. The minimum Gasteiger partial charge on any atom is -0.352 e. The van der Waals surface area contributed by atoms with E-state index in [2.05, 4.69) is 0 Å². The smallest absolute Gasteiger partial charge is 0.352 e. The van der Waals surface area contributed by atoms with Crippen LogP contribution in [0, 0.1) is 23.7 Å². The molecule has 2 saturated carbocycles. The fraction of sp³-hybridized carbons (Fsp3) is 0.895. The summed E-state index contributed by atoms with van der Waals surface area (Å²) in [5.74, 6) is -0.306. The lowest BCUT2D eigenvalue weighted by Crippen LogP contribution is -2.41. The summed E-state index contributed by atoms with van der Waals surface area (Å²) in [7, 11) is 0. The first-order chi connectivity index (χ1) is 11.9. The van der Waals surface area contributed by atoms with Crippen molar-refractivity contribution in [2.75, 3.05) is 13.2 Å². The van der Waals surface area contributed by atoms with E-state index in [1.165, 1.54) is 32.1 Å². The number of hydrogen-bond donors (Lipinski definition) is 0. The van der Waals surface area contributed by atoms with Crippen LogP contribution < -0.4 is 0 Å². The van der Waals surface area contributed by atoms with E-state index >= 15 is 0 Å². The molecule has 0 aromatic carbocycles. The molecule has 0 aromatic heterocycles. The van der Waals surface area contributed by atoms with E-state index < -0.39 is 17.9 Å². The van der Waals surface area contributed by atoms with E-state index in [1.54, 1.807) is 0 Å². The third-order valence-corrected chi connectivity index (χ3v) is 6.11. The van der Waals surface area contributed by atoms with Gasteiger partial charge in [0, 0.05) is 17.8 Å². The van der Waals surface area contributed by atoms with E-state index in [0.717, 1.165) is 13.2 Å². The fourth-order valence-corrected chi connectivity index (χ4v) is 4.62. The summed E-state index contributed by atoms with van der Waals surface area (Å²) >= 11 is 0. The highest BCUT2D eigenvalue weighted by Gasteiger charge is 2.36. The fourth-order valence-electron chi connectivity index (χ4n) is 4.62. The SMILES string of the molecule is F/C(=C\C(F)(F)F)C1CCC(C2OCC(C3CCCCC3)CO2)CC1. The highest BCUT2D eigenvalue weighted by atomic mass is 19.4. The van der Waals surface area contributed by atoms with Crippen molar-refractivity contribution in [1.82, 2.24) is 0 Å². The Morgan fingerprint density at radius 2 is 1.36 bits per heavy atom. The van der Waals surface area contributed by atoms with Crippen LogP contribution in [0.3, 0.4) is 0 Å². The molecule has 25 heavy (non-hydrogen) atoms. The molecule has 1 heterocycles. The Kier molecular flexibility index (Phi) is 6.42. The van der Waals surface area contributed by atoms with Crippen molar-refractivity contribution >= 4 is 0 Å². The van der Waals surface area contributed by atoms with E-state index in [1.807, 2.05) is 0 Å². The standard InChI is InChI=1S/C19H28F4O2/c20-17(10-19(21,22)23)14-6-8-15(9-7-14)18-24-11-16(12-25-18)13-4-2-1-3-5-13/h10,13-16,18H,1-9,11-12H2/b17-10-. The van der Waals surface area contributed by atoms with Crippen LogP contribution in [0.2, 0.25) is 0 Å². The molecule has 2 nitrogen and oxygen atoms in total. The zero-order chi connectivity index (χ0) is 17.9. The molecule has 0 radical (unpaired) electrons. The first-order valence-electron chi connectivity index (χ1n) is 9.60. The van der Waals surface area contributed by atoms with Gasteiger partial charge in [-0.25, -0.2) is 4.39 Å².